The molecule has 1 saturated carbocycles. The van der Waals surface area contributed by atoms with E-state index in [4.69, 9.17) is 11.6 Å². The van der Waals surface area contributed by atoms with E-state index in [1.165, 1.54) is 9.78 Å². The molecule has 3 heterocycles. The third-order valence-electron chi connectivity index (χ3n) is 6.66. The lowest BCUT2D eigenvalue weighted by atomic mass is 9.71. The highest BCUT2D eigenvalue weighted by Crippen LogP contribution is 2.48. The zero-order chi connectivity index (χ0) is 22.6. The molecule has 31 heavy (non-hydrogen) atoms. The number of hydrogen-bond donors (Lipinski definition) is 1. The monoisotopic (exact) mass is 472 g/mol. The molecule has 1 saturated heterocycles. The fourth-order valence-corrected chi connectivity index (χ4v) is 6.16. The maximum absolute atomic E-state index is 13.0. The summed E-state index contributed by atoms with van der Waals surface area (Å²) in [5.74, 6) is 0. The lowest BCUT2D eigenvalue weighted by molar-refractivity contribution is -0.141. The fraction of sp³-hybridized carbons (Fsp3) is 0.524. The topological polar surface area (TPSA) is 48.5 Å². The minimum absolute atomic E-state index is 0.146. The molecule has 2 fully saturated rings. The van der Waals surface area contributed by atoms with Gasteiger partial charge in [0.2, 0.25) is 0 Å². The van der Waals surface area contributed by atoms with E-state index in [9.17, 15) is 18.0 Å². The van der Waals surface area contributed by atoms with Gasteiger partial charge in [0.25, 0.3) is 0 Å². The number of pyridine rings is 1. The summed E-state index contributed by atoms with van der Waals surface area (Å²) >= 11 is 7.77. The van der Waals surface area contributed by atoms with E-state index >= 15 is 0 Å². The number of rotatable bonds is 3. The molecule has 0 bridgehead atoms. The number of carbonyl (C=O) groups is 1. The van der Waals surface area contributed by atoms with E-state index in [-0.39, 0.29) is 11.6 Å². The number of amides is 2. The highest BCUT2D eigenvalue weighted by Gasteiger charge is 2.51. The normalized spacial score (nSPS) is 26.7. The van der Waals surface area contributed by atoms with Crippen LogP contribution >= 0.6 is 22.9 Å². The van der Waals surface area contributed by atoms with E-state index in [1.54, 1.807) is 18.3 Å². The van der Waals surface area contributed by atoms with Crippen LogP contribution in [0.3, 0.4) is 0 Å². The van der Waals surface area contributed by atoms with Crippen molar-refractivity contribution in [2.24, 2.45) is 0 Å². The van der Waals surface area contributed by atoms with Gasteiger partial charge in [-0.3, -0.25) is 9.80 Å². The van der Waals surface area contributed by atoms with Crippen LogP contribution in [-0.2, 0) is 11.7 Å². The second kappa shape index (κ2) is 7.64. The van der Waals surface area contributed by atoms with Crippen LogP contribution < -0.4 is 10.2 Å². The Hall–Kier alpha value is -1.84. The third-order valence-corrected chi connectivity index (χ3v) is 8.09. The van der Waals surface area contributed by atoms with Crippen molar-refractivity contribution < 1.29 is 18.0 Å². The molecule has 1 aliphatic heterocycles. The lowest BCUT2D eigenvalue weighted by Crippen LogP contribution is -2.53. The van der Waals surface area contributed by atoms with Gasteiger partial charge in [0.1, 0.15) is 5.69 Å². The number of hydrogen-bond acceptors (Lipinski definition) is 4. The van der Waals surface area contributed by atoms with Gasteiger partial charge in [-0.15, -0.1) is 11.3 Å². The molecule has 5 nitrogen and oxygen atoms in total. The van der Waals surface area contributed by atoms with Gasteiger partial charge in [-0.25, -0.2) is 9.78 Å². The van der Waals surface area contributed by atoms with E-state index in [0.29, 0.717) is 17.8 Å². The first-order chi connectivity index (χ1) is 14.5. The smallest absolute Gasteiger partial charge is 0.330 e. The fourth-order valence-electron chi connectivity index (χ4n) is 4.79. The lowest BCUT2D eigenvalue weighted by Gasteiger charge is -2.47. The molecule has 10 heteroatoms. The molecule has 2 aromatic rings. The molecule has 1 spiro atoms. The number of anilines is 1. The van der Waals surface area contributed by atoms with Crippen molar-refractivity contribution in [1.82, 2.24) is 15.2 Å². The zero-order valence-corrected chi connectivity index (χ0v) is 19.1. The van der Waals surface area contributed by atoms with Crippen LogP contribution in [0.15, 0.2) is 24.4 Å². The Kier molecular flexibility index (Phi) is 5.51. The summed E-state index contributed by atoms with van der Waals surface area (Å²) in [5, 5.41) is 3.12. The summed E-state index contributed by atoms with van der Waals surface area (Å²) in [5.41, 5.74) is -0.719. The Morgan fingerprint density at radius 2 is 1.90 bits per heavy atom. The number of thiophene rings is 1. The SMILES string of the molecule is Cc1cc(C(F)(F)F)ncc1N1CC2(CCC(c3ccc(Cl)s3)(N(C)C)CC2)NC1=O. The van der Waals surface area contributed by atoms with Gasteiger partial charge >= 0.3 is 12.2 Å². The molecular weight excluding hydrogens is 449 g/mol. The van der Waals surface area contributed by atoms with Crippen molar-refractivity contribution in [3.8, 4) is 0 Å². The largest absolute Gasteiger partial charge is 0.433 e. The van der Waals surface area contributed by atoms with E-state index in [1.807, 2.05) is 6.07 Å². The number of halogens is 4. The van der Waals surface area contributed by atoms with Crippen LogP contribution in [0, 0.1) is 6.92 Å². The van der Waals surface area contributed by atoms with Gasteiger partial charge in [0.05, 0.1) is 33.8 Å². The van der Waals surface area contributed by atoms with Crippen LogP contribution in [0.5, 0.6) is 0 Å². The summed E-state index contributed by atoms with van der Waals surface area (Å²) in [6, 6.07) is 4.69. The summed E-state index contributed by atoms with van der Waals surface area (Å²) in [7, 11) is 4.12. The summed E-state index contributed by atoms with van der Waals surface area (Å²) in [6.45, 7) is 1.98. The highest BCUT2D eigenvalue weighted by molar-refractivity contribution is 7.16. The van der Waals surface area contributed by atoms with Gasteiger partial charge in [-0.2, -0.15) is 13.2 Å². The molecule has 1 aliphatic carbocycles. The van der Waals surface area contributed by atoms with Crippen LogP contribution in [0.2, 0.25) is 4.34 Å². The van der Waals surface area contributed by atoms with Crippen molar-refractivity contribution in [2.75, 3.05) is 25.5 Å². The molecular formula is C21H24ClF3N4OS. The number of carbonyl (C=O) groups excluding carboxylic acids is 1. The second-order valence-electron chi connectivity index (χ2n) is 8.68. The minimum Gasteiger partial charge on any atom is -0.330 e. The second-order valence-corrected chi connectivity index (χ2v) is 10.4. The molecule has 0 radical (unpaired) electrons. The van der Waals surface area contributed by atoms with Gasteiger partial charge < -0.3 is 5.32 Å². The molecule has 2 aliphatic rings. The molecule has 4 rings (SSSR count). The van der Waals surface area contributed by atoms with Crippen LogP contribution in [0.4, 0.5) is 23.7 Å². The maximum atomic E-state index is 13.0. The van der Waals surface area contributed by atoms with Crippen LogP contribution in [0.25, 0.3) is 0 Å². The molecule has 2 amide bonds. The van der Waals surface area contributed by atoms with Crippen LogP contribution in [-0.4, -0.2) is 42.1 Å². The van der Waals surface area contributed by atoms with Crippen molar-refractivity contribution in [2.45, 2.75) is 49.9 Å². The van der Waals surface area contributed by atoms with E-state index < -0.39 is 17.4 Å². The minimum atomic E-state index is -4.51. The van der Waals surface area contributed by atoms with Gasteiger partial charge in [0, 0.05) is 4.88 Å². The predicted molar refractivity (Wildman–Crippen MR) is 116 cm³/mol. The average Bonchev–Trinajstić information content (AvgIpc) is 3.25. The first-order valence-electron chi connectivity index (χ1n) is 10.0. The molecule has 1 N–H and O–H groups in total. The Labute approximate surface area is 188 Å². The van der Waals surface area contributed by atoms with Crippen molar-refractivity contribution in [1.29, 1.82) is 0 Å². The quantitative estimate of drug-likeness (QED) is 0.648. The summed E-state index contributed by atoms with van der Waals surface area (Å²) in [4.78, 5) is 21.3. The van der Waals surface area contributed by atoms with Crippen molar-refractivity contribution in [3.05, 3.63) is 44.9 Å². The summed E-state index contributed by atoms with van der Waals surface area (Å²) in [6.07, 6.45) is -0.158. The Balaban J connectivity index is 1.55. The van der Waals surface area contributed by atoms with Crippen molar-refractivity contribution >= 4 is 34.7 Å². The molecule has 0 unspecified atom stereocenters. The average molecular weight is 473 g/mol. The number of nitrogens with zero attached hydrogens (tertiary/aromatic N) is 3. The Morgan fingerprint density at radius 1 is 1.23 bits per heavy atom. The number of aryl methyl sites for hydroxylation is 1. The van der Waals surface area contributed by atoms with Gasteiger partial charge in [0.15, 0.2) is 0 Å². The van der Waals surface area contributed by atoms with Crippen molar-refractivity contribution in [3.63, 3.8) is 0 Å². The first kappa shape index (κ1) is 22.4. The van der Waals surface area contributed by atoms with E-state index in [2.05, 4.69) is 35.4 Å². The number of aromatic nitrogens is 1. The molecule has 168 valence electrons. The Morgan fingerprint density at radius 3 is 2.42 bits per heavy atom. The zero-order valence-electron chi connectivity index (χ0n) is 17.5. The van der Waals surface area contributed by atoms with E-state index in [0.717, 1.165) is 42.3 Å². The molecule has 0 aromatic carbocycles. The maximum Gasteiger partial charge on any atom is 0.433 e. The standard InChI is InChI=1S/C21H24ClF3N4OS/c1-13-10-15(21(23,24)25)26-11-14(13)29-12-19(27-18(29)30)6-8-20(9-7-19,28(2)3)16-4-5-17(22)31-16/h4-5,10-11H,6-9,12H2,1-3H3,(H,27,30). The van der Waals surface area contributed by atoms with Crippen LogP contribution in [0.1, 0.15) is 41.8 Å². The summed E-state index contributed by atoms with van der Waals surface area (Å²) < 4.78 is 39.6. The number of urea groups is 1. The number of nitrogens with one attached hydrogen (secondary N) is 1. The Bertz CT molecular complexity index is 999. The number of alkyl halides is 3. The highest BCUT2D eigenvalue weighted by atomic mass is 35.5. The molecule has 2 aromatic heterocycles. The molecule has 0 atom stereocenters. The first-order valence-corrected chi connectivity index (χ1v) is 11.2. The van der Waals surface area contributed by atoms with Gasteiger partial charge in [-0.05, 0) is 70.5 Å². The predicted octanol–water partition coefficient (Wildman–Crippen LogP) is 5.42. The third kappa shape index (κ3) is 3.91. The van der Waals surface area contributed by atoms with Gasteiger partial charge in [-0.1, -0.05) is 11.6 Å².